The minimum atomic E-state index is -0.749. The van der Waals surface area contributed by atoms with Crippen molar-refractivity contribution in [1.82, 2.24) is 14.9 Å². The van der Waals surface area contributed by atoms with Crippen LogP contribution < -0.4 is 5.56 Å². The molecule has 2 aromatic heterocycles. The number of hydrogen-bond donors (Lipinski definition) is 2. The highest BCUT2D eigenvalue weighted by molar-refractivity contribution is 7.18. The van der Waals surface area contributed by atoms with Gasteiger partial charge in [0.2, 0.25) is 0 Å². The Morgan fingerprint density at radius 3 is 2.93 bits per heavy atom. The van der Waals surface area contributed by atoms with Crippen LogP contribution in [0.15, 0.2) is 4.79 Å². The van der Waals surface area contributed by atoms with Crippen molar-refractivity contribution in [2.24, 2.45) is 0 Å². The number of nitrogens with zero attached hydrogens (tertiary/aromatic N) is 2. The van der Waals surface area contributed by atoms with E-state index in [2.05, 4.69) is 9.88 Å². The van der Waals surface area contributed by atoms with E-state index < -0.39 is 6.10 Å². The smallest absolute Gasteiger partial charge is 0.305 e. The molecule has 2 aromatic rings. The van der Waals surface area contributed by atoms with Crippen LogP contribution in [0.1, 0.15) is 61.7 Å². The van der Waals surface area contributed by atoms with Gasteiger partial charge in [-0.1, -0.05) is 6.92 Å². The Morgan fingerprint density at radius 1 is 1.38 bits per heavy atom. The molecular weight excluding hydrogens is 390 g/mol. The fraction of sp³-hybridized carbons (Fsp3) is 0.667. The zero-order valence-electron chi connectivity index (χ0n) is 16.9. The topological polar surface area (TPSA) is 95.5 Å². The zero-order chi connectivity index (χ0) is 20.4. The predicted molar refractivity (Wildman–Crippen MR) is 112 cm³/mol. The third-order valence-electron chi connectivity index (χ3n) is 5.63. The SMILES string of the molecule is CCCC(=O)OCC(O)CN(Cc1nc2sc3c(c2c(=O)[nH]1)CCCC3)C1CC1. The number of rotatable bonds is 9. The molecule has 0 amide bonds. The monoisotopic (exact) mass is 419 g/mol. The van der Waals surface area contributed by atoms with Gasteiger partial charge in [-0.2, -0.15) is 0 Å². The van der Waals surface area contributed by atoms with Gasteiger partial charge in [0.15, 0.2) is 0 Å². The maximum absolute atomic E-state index is 12.7. The van der Waals surface area contributed by atoms with Crippen molar-refractivity contribution in [3.63, 3.8) is 0 Å². The van der Waals surface area contributed by atoms with E-state index in [1.165, 1.54) is 16.9 Å². The van der Waals surface area contributed by atoms with Crippen LogP contribution in [0.25, 0.3) is 10.2 Å². The molecule has 2 aliphatic rings. The number of hydrogen-bond acceptors (Lipinski definition) is 7. The highest BCUT2D eigenvalue weighted by Gasteiger charge is 2.31. The number of aryl methyl sites for hydroxylation is 2. The van der Waals surface area contributed by atoms with Gasteiger partial charge in [0.05, 0.1) is 11.9 Å². The van der Waals surface area contributed by atoms with Crippen LogP contribution in [0, 0.1) is 0 Å². The molecule has 158 valence electrons. The molecule has 1 saturated carbocycles. The lowest BCUT2D eigenvalue weighted by Crippen LogP contribution is -2.37. The van der Waals surface area contributed by atoms with Crippen molar-refractivity contribution in [2.75, 3.05) is 13.2 Å². The molecule has 2 heterocycles. The fourth-order valence-corrected chi connectivity index (χ4v) is 5.33. The highest BCUT2D eigenvalue weighted by Crippen LogP contribution is 2.34. The van der Waals surface area contributed by atoms with Crippen molar-refractivity contribution in [1.29, 1.82) is 0 Å². The second-order valence-electron chi connectivity index (χ2n) is 8.15. The molecule has 1 atom stereocenters. The molecule has 2 aliphatic carbocycles. The van der Waals surface area contributed by atoms with Gasteiger partial charge in [-0.15, -0.1) is 11.3 Å². The molecule has 2 N–H and O–H groups in total. The lowest BCUT2D eigenvalue weighted by Gasteiger charge is -2.24. The second kappa shape index (κ2) is 8.93. The molecule has 1 fully saturated rings. The number of aliphatic hydroxyl groups excluding tert-OH is 1. The summed E-state index contributed by atoms with van der Waals surface area (Å²) in [6.07, 6.45) is 6.83. The van der Waals surface area contributed by atoms with Crippen molar-refractivity contribution < 1.29 is 14.6 Å². The van der Waals surface area contributed by atoms with Gasteiger partial charge in [0.25, 0.3) is 5.56 Å². The Balaban J connectivity index is 1.45. The summed E-state index contributed by atoms with van der Waals surface area (Å²) in [6.45, 7) is 2.80. The van der Waals surface area contributed by atoms with E-state index in [1.54, 1.807) is 11.3 Å². The summed E-state index contributed by atoms with van der Waals surface area (Å²) in [5.74, 6) is 0.366. The van der Waals surface area contributed by atoms with Crippen LogP contribution in [0.3, 0.4) is 0 Å². The summed E-state index contributed by atoms with van der Waals surface area (Å²) >= 11 is 1.65. The third kappa shape index (κ3) is 4.87. The van der Waals surface area contributed by atoms with E-state index in [-0.39, 0.29) is 18.1 Å². The molecule has 29 heavy (non-hydrogen) atoms. The number of thiophene rings is 1. The van der Waals surface area contributed by atoms with Crippen LogP contribution >= 0.6 is 11.3 Å². The molecule has 0 spiro atoms. The average molecular weight is 420 g/mol. The van der Waals surface area contributed by atoms with E-state index in [0.717, 1.165) is 48.7 Å². The number of aliphatic hydroxyl groups is 1. The van der Waals surface area contributed by atoms with Crippen LogP contribution in [0.2, 0.25) is 0 Å². The largest absolute Gasteiger partial charge is 0.463 e. The molecule has 0 saturated heterocycles. The number of nitrogens with one attached hydrogen (secondary N) is 1. The average Bonchev–Trinajstić information content (AvgIpc) is 3.46. The Morgan fingerprint density at radius 2 is 2.17 bits per heavy atom. The lowest BCUT2D eigenvalue weighted by molar-refractivity contribution is -0.147. The van der Waals surface area contributed by atoms with Crippen LogP contribution in [-0.4, -0.2) is 51.2 Å². The lowest BCUT2D eigenvalue weighted by atomic mass is 9.97. The summed E-state index contributed by atoms with van der Waals surface area (Å²) in [5.41, 5.74) is 1.15. The summed E-state index contributed by atoms with van der Waals surface area (Å²) in [5, 5.41) is 11.1. The van der Waals surface area contributed by atoms with Crippen molar-refractivity contribution in [3.05, 3.63) is 26.6 Å². The van der Waals surface area contributed by atoms with E-state index >= 15 is 0 Å². The van der Waals surface area contributed by atoms with E-state index in [1.807, 2.05) is 6.92 Å². The minimum absolute atomic E-state index is 0.00266. The van der Waals surface area contributed by atoms with E-state index in [4.69, 9.17) is 9.72 Å². The number of fused-ring (bicyclic) bond motifs is 3. The number of ether oxygens (including phenoxy) is 1. The second-order valence-corrected chi connectivity index (χ2v) is 9.23. The summed E-state index contributed by atoms with van der Waals surface area (Å²) in [4.78, 5) is 36.3. The summed E-state index contributed by atoms with van der Waals surface area (Å²) < 4.78 is 5.13. The first-order chi connectivity index (χ1) is 14.0. The molecule has 7 nitrogen and oxygen atoms in total. The third-order valence-corrected chi connectivity index (χ3v) is 6.81. The van der Waals surface area contributed by atoms with Gasteiger partial charge >= 0.3 is 5.97 Å². The molecule has 0 aromatic carbocycles. The molecule has 0 aliphatic heterocycles. The number of H-pyrrole nitrogens is 1. The van der Waals surface area contributed by atoms with Crippen molar-refractivity contribution in [2.45, 2.75) is 77.0 Å². The summed E-state index contributed by atoms with van der Waals surface area (Å²) in [6, 6.07) is 0.383. The van der Waals surface area contributed by atoms with E-state index in [9.17, 15) is 14.7 Å². The first-order valence-electron chi connectivity index (χ1n) is 10.7. The number of esters is 1. The number of aromatic amines is 1. The van der Waals surface area contributed by atoms with Crippen molar-refractivity contribution >= 4 is 27.5 Å². The van der Waals surface area contributed by atoms with Gasteiger partial charge in [-0.3, -0.25) is 14.5 Å². The zero-order valence-corrected chi connectivity index (χ0v) is 17.7. The molecule has 8 heteroatoms. The number of aromatic nitrogens is 2. The molecule has 1 unspecified atom stereocenters. The number of carbonyl (C=O) groups is 1. The van der Waals surface area contributed by atoms with Crippen LogP contribution in [0.4, 0.5) is 0 Å². The van der Waals surface area contributed by atoms with Gasteiger partial charge in [0.1, 0.15) is 23.4 Å². The minimum Gasteiger partial charge on any atom is -0.463 e. The molecule has 0 radical (unpaired) electrons. The van der Waals surface area contributed by atoms with Gasteiger partial charge in [-0.25, -0.2) is 4.98 Å². The Hall–Kier alpha value is -1.77. The number of carbonyl (C=O) groups excluding carboxylic acids is 1. The quantitative estimate of drug-likeness (QED) is 0.607. The van der Waals surface area contributed by atoms with Gasteiger partial charge in [0, 0.05) is 23.9 Å². The van der Waals surface area contributed by atoms with Crippen molar-refractivity contribution in [3.8, 4) is 0 Å². The maximum Gasteiger partial charge on any atom is 0.305 e. The van der Waals surface area contributed by atoms with Gasteiger partial charge < -0.3 is 14.8 Å². The first kappa shape index (κ1) is 20.5. The fourth-order valence-electron chi connectivity index (χ4n) is 4.05. The van der Waals surface area contributed by atoms with Gasteiger partial charge in [-0.05, 0) is 50.5 Å². The first-order valence-corrected chi connectivity index (χ1v) is 11.5. The molecule has 0 bridgehead atoms. The Labute approximate surface area is 174 Å². The van der Waals surface area contributed by atoms with Crippen LogP contribution in [0.5, 0.6) is 0 Å². The predicted octanol–water partition coefficient (Wildman–Crippen LogP) is 2.53. The Bertz CT molecular complexity index is 934. The summed E-state index contributed by atoms with van der Waals surface area (Å²) in [7, 11) is 0. The molecule has 4 rings (SSSR count). The van der Waals surface area contributed by atoms with Crippen LogP contribution in [-0.2, 0) is 28.9 Å². The van der Waals surface area contributed by atoms with E-state index in [0.29, 0.717) is 31.4 Å². The standard InChI is InChI=1S/C21H29N3O4S/c1-2-5-18(26)28-12-14(25)10-24(13-8-9-13)11-17-22-20(27)19-15-6-3-4-7-16(15)29-21(19)23-17/h13-14,25H,2-12H2,1H3,(H,22,23,27). The maximum atomic E-state index is 12.7. The Kier molecular flexibility index (Phi) is 6.32. The highest BCUT2D eigenvalue weighted by atomic mass is 32.1. The normalized spacial score (nSPS) is 17.5. The molecular formula is C21H29N3O4S.